The van der Waals surface area contributed by atoms with E-state index in [-0.39, 0.29) is 6.42 Å². The molecule has 0 saturated carbocycles. The Morgan fingerprint density at radius 3 is 2.03 bits per heavy atom. The van der Waals surface area contributed by atoms with E-state index in [0.29, 0.717) is 18.5 Å². The molecule has 1 aromatic heterocycles. The molecule has 0 spiro atoms. The first kappa shape index (κ1) is 23.9. The van der Waals surface area contributed by atoms with Gasteiger partial charge in [-0.1, -0.05) is 72.5 Å². The summed E-state index contributed by atoms with van der Waals surface area (Å²) in [7, 11) is 0. The molecular formula is C28H33N3O3. The SMILES string of the molecule is Cc1ccc(-c2nc3c(nc2-c2ccc(C)cc2)N(CCCCCCC(=O)O)CCC3O)cc1. The average molecular weight is 460 g/mol. The third kappa shape index (κ3) is 5.62. The van der Waals surface area contributed by atoms with Gasteiger partial charge in [0.05, 0.1) is 11.4 Å². The van der Waals surface area contributed by atoms with Gasteiger partial charge in [0.2, 0.25) is 0 Å². The molecule has 1 atom stereocenters. The maximum atomic E-state index is 10.8. The van der Waals surface area contributed by atoms with Crippen molar-refractivity contribution in [3.8, 4) is 22.5 Å². The summed E-state index contributed by atoms with van der Waals surface area (Å²) in [6, 6.07) is 16.6. The number of carboxylic acid groups (broad SMARTS) is 1. The smallest absolute Gasteiger partial charge is 0.303 e. The Bertz CT molecular complexity index is 1130. The molecule has 1 aliphatic rings. The number of hydrogen-bond donors (Lipinski definition) is 2. The first-order chi connectivity index (χ1) is 16.4. The topological polar surface area (TPSA) is 86.6 Å². The minimum absolute atomic E-state index is 0.228. The summed E-state index contributed by atoms with van der Waals surface area (Å²) in [5.74, 6) is 0.0259. The fraction of sp³-hybridized carbons (Fsp3) is 0.393. The Labute approximate surface area is 201 Å². The first-order valence-electron chi connectivity index (χ1n) is 12.1. The van der Waals surface area contributed by atoms with Crippen LogP contribution in [-0.4, -0.2) is 39.2 Å². The molecule has 0 radical (unpaired) electrons. The number of carboxylic acids is 1. The van der Waals surface area contributed by atoms with E-state index in [2.05, 4.69) is 67.3 Å². The molecule has 2 heterocycles. The summed E-state index contributed by atoms with van der Waals surface area (Å²) in [6.45, 7) is 5.68. The number of aryl methyl sites for hydroxylation is 2. The maximum absolute atomic E-state index is 10.8. The zero-order chi connectivity index (χ0) is 24.1. The summed E-state index contributed by atoms with van der Waals surface area (Å²) in [5, 5.41) is 19.6. The highest BCUT2D eigenvalue weighted by Gasteiger charge is 2.29. The van der Waals surface area contributed by atoms with Crippen molar-refractivity contribution in [1.82, 2.24) is 9.97 Å². The number of hydrogen-bond acceptors (Lipinski definition) is 5. The van der Waals surface area contributed by atoms with E-state index in [9.17, 15) is 9.90 Å². The number of aliphatic hydroxyl groups is 1. The van der Waals surface area contributed by atoms with Crippen molar-refractivity contribution in [2.24, 2.45) is 0 Å². The molecule has 6 nitrogen and oxygen atoms in total. The van der Waals surface area contributed by atoms with Crippen LogP contribution < -0.4 is 4.90 Å². The number of aliphatic hydroxyl groups excluding tert-OH is 1. The predicted molar refractivity (Wildman–Crippen MR) is 135 cm³/mol. The lowest BCUT2D eigenvalue weighted by atomic mass is 10.00. The Hall–Kier alpha value is -3.25. The second-order valence-corrected chi connectivity index (χ2v) is 9.21. The highest BCUT2D eigenvalue weighted by molar-refractivity contribution is 5.80. The van der Waals surface area contributed by atoms with E-state index in [1.54, 1.807) is 0 Å². The van der Waals surface area contributed by atoms with Crippen LogP contribution in [0.2, 0.25) is 0 Å². The number of aromatic nitrogens is 2. The molecule has 178 valence electrons. The number of unbranched alkanes of at least 4 members (excludes halogenated alkanes) is 3. The van der Waals surface area contributed by atoms with E-state index >= 15 is 0 Å². The molecule has 6 heteroatoms. The molecule has 0 bridgehead atoms. The van der Waals surface area contributed by atoms with Gasteiger partial charge in [-0.3, -0.25) is 4.79 Å². The average Bonchev–Trinajstić information content (AvgIpc) is 2.83. The second-order valence-electron chi connectivity index (χ2n) is 9.21. The van der Waals surface area contributed by atoms with Crippen molar-refractivity contribution in [1.29, 1.82) is 0 Å². The third-order valence-electron chi connectivity index (χ3n) is 6.41. The van der Waals surface area contributed by atoms with E-state index in [1.165, 1.54) is 11.1 Å². The maximum Gasteiger partial charge on any atom is 0.303 e. The van der Waals surface area contributed by atoms with Crippen LogP contribution in [0.1, 0.15) is 61.4 Å². The zero-order valence-corrected chi connectivity index (χ0v) is 20.0. The van der Waals surface area contributed by atoms with Crippen LogP contribution >= 0.6 is 0 Å². The van der Waals surface area contributed by atoms with Crippen molar-refractivity contribution in [3.05, 3.63) is 65.4 Å². The van der Waals surface area contributed by atoms with Gasteiger partial charge in [0, 0.05) is 30.6 Å². The molecule has 0 fully saturated rings. The van der Waals surface area contributed by atoms with Gasteiger partial charge in [-0.05, 0) is 33.1 Å². The minimum Gasteiger partial charge on any atom is -0.481 e. The zero-order valence-electron chi connectivity index (χ0n) is 20.0. The highest BCUT2D eigenvalue weighted by Crippen LogP contribution is 2.38. The summed E-state index contributed by atoms with van der Waals surface area (Å²) in [4.78, 5) is 23.0. The second kappa shape index (κ2) is 10.8. The highest BCUT2D eigenvalue weighted by atomic mass is 16.4. The summed E-state index contributed by atoms with van der Waals surface area (Å²) < 4.78 is 0. The van der Waals surface area contributed by atoms with Crippen LogP contribution in [0.3, 0.4) is 0 Å². The molecule has 2 N–H and O–H groups in total. The van der Waals surface area contributed by atoms with Gasteiger partial charge in [0.15, 0.2) is 5.82 Å². The Kier molecular flexibility index (Phi) is 7.58. The van der Waals surface area contributed by atoms with Crippen LogP contribution in [0, 0.1) is 13.8 Å². The standard InChI is InChI=1S/C28H33N3O3/c1-19-8-12-21(13-9-19)25-26(22-14-10-20(2)11-15-22)30-28-27(29-25)23(32)16-18-31(28)17-6-4-3-5-7-24(33)34/h8-15,23,32H,3-7,16-18H2,1-2H3,(H,33,34). The molecular weight excluding hydrogens is 426 g/mol. The first-order valence-corrected chi connectivity index (χ1v) is 12.1. The Morgan fingerprint density at radius 1 is 0.882 bits per heavy atom. The van der Waals surface area contributed by atoms with Crippen LogP contribution in [0.5, 0.6) is 0 Å². The number of benzene rings is 2. The fourth-order valence-electron chi connectivity index (χ4n) is 4.39. The lowest BCUT2D eigenvalue weighted by molar-refractivity contribution is -0.137. The van der Waals surface area contributed by atoms with Crippen molar-refractivity contribution in [2.45, 2.75) is 58.5 Å². The lowest BCUT2D eigenvalue weighted by Gasteiger charge is -2.33. The van der Waals surface area contributed by atoms with E-state index in [1.807, 2.05) is 0 Å². The van der Waals surface area contributed by atoms with Crippen molar-refractivity contribution in [2.75, 3.05) is 18.0 Å². The van der Waals surface area contributed by atoms with Crippen LogP contribution in [0.15, 0.2) is 48.5 Å². The summed E-state index contributed by atoms with van der Waals surface area (Å²) in [5.41, 5.74) is 6.61. The largest absolute Gasteiger partial charge is 0.481 e. The van der Waals surface area contributed by atoms with E-state index in [0.717, 1.165) is 60.7 Å². The van der Waals surface area contributed by atoms with Gasteiger partial charge in [-0.25, -0.2) is 9.97 Å². The Balaban J connectivity index is 1.66. The minimum atomic E-state index is -0.734. The quantitative estimate of drug-likeness (QED) is 0.399. The fourth-order valence-corrected chi connectivity index (χ4v) is 4.39. The summed E-state index contributed by atoms with van der Waals surface area (Å²) >= 11 is 0. The molecule has 1 aliphatic heterocycles. The third-order valence-corrected chi connectivity index (χ3v) is 6.41. The van der Waals surface area contributed by atoms with Gasteiger partial charge in [-0.15, -0.1) is 0 Å². The molecule has 1 unspecified atom stereocenters. The van der Waals surface area contributed by atoms with E-state index in [4.69, 9.17) is 15.1 Å². The van der Waals surface area contributed by atoms with Crippen LogP contribution in [0.4, 0.5) is 5.82 Å². The van der Waals surface area contributed by atoms with Crippen molar-refractivity contribution < 1.29 is 15.0 Å². The molecule has 4 rings (SSSR count). The Morgan fingerprint density at radius 2 is 1.44 bits per heavy atom. The molecule has 34 heavy (non-hydrogen) atoms. The molecule has 0 aliphatic carbocycles. The van der Waals surface area contributed by atoms with Gasteiger partial charge in [0.25, 0.3) is 0 Å². The van der Waals surface area contributed by atoms with Crippen LogP contribution in [0.25, 0.3) is 22.5 Å². The van der Waals surface area contributed by atoms with Gasteiger partial charge in [0.1, 0.15) is 11.8 Å². The lowest BCUT2D eigenvalue weighted by Crippen LogP contribution is -2.34. The molecule has 3 aromatic rings. The normalized spacial score (nSPS) is 15.3. The molecule has 0 amide bonds. The van der Waals surface area contributed by atoms with Crippen molar-refractivity contribution in [3.63, 3.8) is 0 Å². The molecule has 0 saturated heterocycles. The van der Waals surface area contributed by atoms with E-state index < -0.39 is 12.1 Å². The van der Waals surface area contributed by atoms with Crippen LogP contribution in [-0.2, 0) is 4.79 Å². The summed E-state index contributed by atoms with van der Waals surface area (Å²) in [6.07, 6.45) is 3.76. The van der Waals surface area contributed by atoms with Gasteiger partial charge < -0.3 is 15.1 Å². The molecule has 2 aromatic carbocycles. The monoisotopic (exact) mass is 459 g/mol. The number of nitrogens with zero attached hydrogens (tertiary/aromatic N) is 3. The van der Waals surface area contributed by atoms with Crippen molar-refractivity contribution >= 4 is 11.8 Å². The van der Waals surface area contributed by atoms with Gasteiger partial charge in [-0.2, -0.15) is 0 Å². The number of anilines is 1. The number of fused-ring (bicyclic) bond motifs is 1. The number of aliphatic carboxylic acids is 1. The predicted octanol–water partition coefficient (Wildman–Crippen LogP) is 5.71. The van der Waals surface area contributed by atoms with Gasteiger partial charge >= 0.3 is 5.97 Å². The number of rotatable bonds is 9. The number of carbonyl (C=O) groups is 1.